The largest absolute Gasteiger partial charge is 0.275 e. The highest BCUT2D eigenvalue weighted by Gasteiger charge is 2.20. The molecule has 78 valence electrons. The second-order valence-corrected chi connectivity index (χ2v) is 7.06. The number of halogens is 2. The first-order chi connectivity index (χ1) is 6.30. The Bertz CT molecular complexity index is 355. The first-order valence-electron chi connectivity index (χ1n) is 4.37. The average molecular weight is 322 g/mol. The fourth-order valence-electron chi connectivity index (χ4n) is 1.31. The molecule has 14 heavy (non-hydrogen) atoms. The molecule has 1 heterocycles. The lowest BCUT2D eigenvalue weighted by Crippen LogP contribution is -2.13. The maximum atomic E-state index is 4.47. The highest BCUT2D eigenvalue weighted by molar-refractivity contribution is 9.28. The van der Waals surface area contributed by atoms with Crippen LogP contribution in [0.25, 0.3) is 6.08 Å². The van der Waals surface area contributed by atoms with Gasteiger partial charge in [-0.3, -0.25) is 4.68 Å². The zero-order chi connectivity index (χ0) is 10.9. The van der Waals surface area contributed by atoms with E-state index in [1.165, 1.54) is 0 Å². The van der Waals surface area contributed by atoms with Crippen molar-refractivity contribution in [1.29, 1.82) is 0 Å². The molecule has 4 heteroatoms. The van der Waals surface area contributed by atoms with Crippen molar-refractivity contribution in [1.82, 2.24) is 9.78 Å². The van der Waals surface area contributed by atoms with E-state index >= 15 is 0 Å². The van der Waals surface area contributed by atoms with Gasteiger partial charge in [-0.1, -0.05) is 20.8 Å². The third kappa shape index (κ3) is 2.95. The van der Waals surface area contributed by atoms with Crippen molar-refractivity contribution < 1.29 is 0 Å². The SMILES string of the molecule is Cn1cc(C=C(Br)Br)c(C(C)(C)C)n1. The molecule has 0 spiro atoms. The first kappa shape index (κ1) is 12.0. The molecule has 1 rings (SSSR count). The summed E-state index contributed by atoms with van der Waals surface area (Å²) in [7, 11) is 1.94. The highest BCUT2D eigenvalue weighted by atomic mass is 79.9. The fourth-order valence-corrected chi connectivity index (χ4v) is 1.81. The van der Waals surface area contributed by atoms with Crippen LogP contribution in [-0.4, -0.2) is 9.78 Å². The topological polar surface area (TPSA) is 17.8 Å². The molecule has 0 aliphatic carbocycles. The molecule has 0 N–H and O–H groups in total. The van der Waals surface area contributed by atoms with Crippen molar-refractivity contribution in [2.24, 2.45) is 7.05 Å². The van der Waals surface area contributed by atoms with Crippen molar-refractivity contribution in [3.63, 3.8) is 0 Å². The van der Waals surface area contributed by atoms with E-state index in [-0.39, 0.29) is 5.41 Å². The number of aromatic nitrogens is 2. The molecular weight excluding hydrogens is 308 g/mol. The standard InChI is InChI=1S/C10H14Br2N2/c1-10(2,3)9-7(5-8(11)12)6-14(4)13-9/h5-6H,1-4H3. The van der Waals surface area contributed by atoms with Gasteiger partial charge in [0.05, 0.1) is 9.09 Å². The van der Waals surface area contributed by atoms with Gasteiger partial charge < -0.3 is 0 Å². The van der Waals surface area contributed by atoms with E-state index in [0.29, 0.717) is 0 Å². The normalized spacial score (nSPS) is 11.6. The number of rotatable bonds is 1. The van der Waals surface area contributed by atoms with Crippen molar-refractivity contribution in [3.05, 3.63) is 20.8 Å². The molecule has 1 aromatic rings. The van der Waals surface area contributed by atoms with Gasteiger partial charge in [0.25, 0.3) is 0 Å². The summed E-state index contributed by atoms with van der Waals surface area (Å²) in [6.45, 7) is 6.48. The summed E-state index contributed by atoms with van der Waals surface area (Å²) in [5.41, 5.74) is 2.32. The third-order valence-electron chi connectivity index (χ3n) is 1.83. The minimum atomic E-state index is 0.0720. The number of hydrogen-bond acceptors (Lipinski definition) is 1. The van der Waals surface area contributed by atoms with E-state index in [4.69, 9.17) is 0 Å². The molecule has 0 unspecified atom stereocenters. The Labute approximate surface area is 102 Å². The van der Waals surface area contributed by atoms with Crippen LogP contribution >= 0.6 is 31.9 Å². The molecule has 0 aliphatic rings. The Balaban J connectivity index is 3.23. The Morgan fingerprint density at radius 3 is 2.43 bits per heavy atom. The molecule has 1 aromatic heterocycles. The monoisotopic (exact) mass is 320 g/mol. The summed E-state index contributed by atoms with van der Waals surface area (Å²) >= 11 is 6.72. The van der Waals surface area contributed by atoms with E-state index in [2.05, 4.69) is 57.7 Å². The van der Waals surface area contributed by atoms with E-state index in [1.807, 2.05) is 24.0 Å². The maximum absolute atomic E-state index is 4.47. The molecule has 0 aromatic carbocycles. The van der Waals surface area contributed by atoms with Crippen LogP contribution in [0.3, 0.4) is 0 Å². The van der Waals surface area contributed by atoms with E-state index in [0.717, 1.165) is 14.6 Å². The molecular formula is C10H14Br2N2. The minimum Gasteiger partial charge on any atom is -0.275 e. The molecule has 0 fully saturated rings. The Morgan fingerprint density at radius 1 is 1.43 bits per heavy atom. The lowest BCUT2D eigenvalue weighted by Gasteiger charge is -2.16. The molecule has 0 amide bonds. The third-order valence-corrected chi connectivity index (χ3v) is 2.29. The quantitative estimate of drug-likeness (QED) is 0.769. The van der Waals surface area contributed by atoms with Crippen molar-refractivity contribution in [2.75, 3.05) is 0 Å². The highest BCUT2D eigenvalue weighted by Crippen LogP contribution is 2.27. The van der Waals surface area contributed by atoms with Gasteiger partial charge in [-0.05, 0) is 37.9 Å². The fraction of sp³-hybridized carbons (Fsp3) is 0.500. The van der Waals surface area contributed by atoms with Crippen LogP contribution in [0.15, 0.2) is 9.59 Å². The van der Waals surface area contributed by atoms with Crippen LogP contribution in [0, 0.1) is 0 Å². The number of hydrogen-bond donors (Lipinski definition) is 0. The van der Waals surface area contributed by atoms with Crippen molar-refractivity contribution >= 4 is 37.9 Å². The lowest BCUT2D eigenvalue weighted by atomic mass is 9.90. The van der Waals surface area contributed by atoms with Gasteiger partial charge in [-0.2, -0.15) is 5.10 Å². The second kappa shape index (κ2) is 4.19. The van der Waals surface area contributed by atoms with Gasteiger partial charge in [0.1, 0.15) is 0 Å². The van der Waals surface area contributed by atoms with E-state index in [9.17, 15) is 0 Å². The van der Waals surface area contributed by atoms with Crippen LogP contribution in [-0.2, 0) is 12.5 Å². The molecule has 0 bridgehead atoms. The molecule has 0 saturated heterocycles. The summed E-state index contributed by atoms with van der Waals surface area (Å²) in [5, 5.41) is 4.47. The van der Waals surface area contributed by atoms with E-state index in [1.54, 1.807) is 0 Å². The summed E-state index contributed by atoms with van der Waals surface area (Å²) < 4.78 is 2.78. The zero-order valence-electron chi connectivity index (χ0n) is 8.81. The predicted octanol–water partition coefficient (Wildman–Crippen LogP) is 3.81. The van der Waals surface area contributed by atoms with Gasteiger partial charge in [0.15, 0.2) is 0 Å². The Kier molecular flexibility index (Phi) is 3.58. The Morgan fingerprint density at radius 2 is 2.00 bits per heavy atom. The van der Waals surface area contributed by atoms with Crippen molar-refractivity contribution in [2.45, 2.75) is 26.2 Å². The molecule has 0 aliphatic heterocycles. The molecule has 0 saturated carbocycles. The average Bonchev–Trinajstić information content (AvgIpc) is 2.28. The summed E-state index contributed by atoms with van der Waals surface area (Å²) in [6.07, 6.45) is 4.04. The van der Waals surface area contributed by atoms with E-state index < -0.39 is 0 Å². The van der Waals surface area contributed by atoms with Gasteiger partial charge in [0.2, 0.25) is 0 Å². The summed E-state index contributed by atoms with van der Waals surface area (Å²) in [5.74, 6) is 0. The molecule has 0 radical (unpaired) electrons. The first-order valence-corrected chi connectivity index (χ1v) is 5.96. The number of nitrogens with zero attached hydrogens (tertiary/aromatic N) is 2. The van der Waals surface area contributed by atoms with Crippen LogP contribution in [0.1, 0.15) is 32.0 Å². The van der Waals surface area contributed by atoms with Gasteiger partial charge in [-0.15, -0.1) is 0 Å². The zero-order valence-corrected chi connectivity index (χ0v) is 12.0. The molecule has 2 nitrogen and oxygen atoms in total. The predicted molar refractivity (Wildman–Crippen MR) is 67.7 cm³/mol. The smallest absolute Gasteiger partial charge is 0.0750 e. The summed E-state index contributed by atoms with van der Waals surface area (Å²) in [4.78, 5) is 0. The second-order valence-electron chi connectivity index (χ2n) is 4.29. The maximum Gasteiger partial charge on any atom is 0.0750 e. The van der Waals surface area contributed by atoms with Crippen LogP contribution < -0.4 is 0 Å². The van der Waals surface area contributed by atoms with Crippen LogP contribution in [0.5, 0.6) is 0 Å². The van der Waals surface area contributed by atoms with Gasteiger partial charge >= 0.3 is 0 Å². The lowest BCUT2D eigenvalue weighted by molar-refractivity contribution is 0.552. The summed E-state index contributed by atoms with van der Waals surface area (Å²) in [6, 6.07) is 0. The van der Waals surface area contributed by atoms with Gasteiger partial charge in [-0.25, -0.2) is 0 Å². The van der Waals surface area contributed by atoms with Crippen LogP contribution in [0.4, 0.5) is 0 Å². The minimum absolute atomic E-state index is 0.0720. The van der Waals surface area contributed by atoms with Crippen LogP contribution in [0.2, 0.25) is 0 Å². The van der Waals surface area contributed by atoms with Gasteiger partial charge in [0, 0.05) is 24.2 Å². The number of aryl methyl sites for hydroxylation is 1. The van der Waals surface area contributed by atoms with Crippen molar-refractivity contribution in [3.8, 4) is 0 Å². The Hall–Kier alpha value is -0.0900. The molecule has 0 atom stereocenters.